The Labute approximate surface area is 120 Å². The molecule has 0 bridgehead atoms. The van der Waals surface area contributed by atoms with E-state index in [1.54, 1.807) is 14.2 Å². The number of anilines is 2. The molecule has 20 heavy (non-hydrogen) atoms. The van der Waals surface area contributed by atoms with Gasteiger partial charge in [-0.3, -0.25) is 0 Å². The maximum absolute atomic E-state index is 5.39. The van der Waals surface area contributed by atoms with Gasteiger partial charge in [-0.15, -0.1) is 0 Å². The first-order chi connectivity index (χ1) is 9.83. The van der Waals surface area contributed by atoms with E-state index in [0.29, 0.717) is 37.2 Å². The molecule has 0 aromatic carbocycles. The summed E-state index contributed by atoms with van der Waals surface area (Å²) in [5, 5.41) is 6.36. The summed E-state index contributed by atoms with van der Waals surface area (Å²) in [6.07, 6.45) is 2.39. The molecule has 0 spiro atoms. The minimum atomic E-state index is 0.623. The molecule has 0 radical (unpaired) electrons. The van der Waals surface area contributed by atoms with Gasteiger partial charge in [0.2, 0.25) is 5.75 Å². The van der Waals surface area contributed by atoms with E-state index in [1.165, 1.54) is 6.33 Å². The van der Waals surface area contributed by atoms with Gasteiger partial charge in [-0.1, -0.05) is 0 Å². The number of aromatic nitrogens is 2. The van der Waals surface area contributed by atoms with E-state index < -0.39 is 0 Å². The minimum Gasteiger partial charge on any atom is -0.490 e. The number of nitrogens with zero attached hydrogens (tertiary/aromatic N) is 2. The largest absolute Gasteiger partial charge is 0.490 e. The lowest BCUT2D eigenvalue weighted by Gasteiger charge is -2.13. The summed E-state index contributed by atoms with van der Waals surface area (Å²) in [6, 6.07) is 0. The zero-order chi connectivity index (χ0) is 14.6. The van der Waals surface area contributed by atoms with Crippen LogP contribution in [-0.4, -0.2) is 57.1 Å². The molecule has 0 atom stereocenters. The second kappa shape index (κ2) is 10.2. The van der Waals surface area contributed by atoms with Gasteiger partial charge in [0.05, 0.1) is 20.3 Å². The monoisotopic (exact) mass is 284 g/mol. The van der Waals surface area contributed by atoms with Crippen molar-refractivity contribution in [2.45, 2.75) is 13.3 Å². The molecule has 0 amide bonds. The fourth-order valence-electron chi connectivity index (χ4n) is 1.61. The van der Waals surface area contributed by atoms with Crippen LogP contribution in [0.2, 0.25) is 0 Å². The van der Waals surface area contributed by atoms with E-state index in [1.807, 2.05) is 6.92 Å². The first-order valence-corrected chi connectivity index (χ1v) is 6.76. The van der Waals surface area contributed by atoms with Crippen molar-refractivity contribution in [2.24, 2.45) is 0 Å². The molecule has 0 unspecified atom stereocenters. The van der Waals surface area contributed by atoms with Gasteiger partial charge in [-0.05, 0) is 13.3 Å². The van der Waals surface area contributed by atoms with Crippen molar-refractivity contribution in [1.82, 2.24) is 9.97 Å². The summed E-state index contributed by atoms with van der Waals surface area (Å²) in [5.41, 5.74) is 0. The van der Waals surface area contributed by atoms with Crippen LogP contribution in [0.1, 0.15) is 13.3 Å². The van der Waals surface area contributed by atoms with Crippen LogP contribution in [0.15, 0.2) is 6.33 Å². The summed E-state index contributed by atoms with van der Waals surface area (Å²) in [6.45, 7) is 5.47. The smallest absolute Gasteiger partial charge is 0.204 e. The average molecular weight is 284 g/mol. The van der Waals surface area contributed by atoms with E-state index in [2.05, 4.69) is 20.6 Å². The molecule has 2 N–H and O–H groups in total. The Hall–Kier alpha value is -1.60. The second-order valence-electron chi connectivity index (χ2n) is 4.02. The highest BCUT2D eigenvalue weighted by Crippen LogP contribution is 2.28. The number of ether oxygens (including phenoxy) is 3. The van der Waals surface area contributed by atoms with E-state index >= 15 is 0 Å². The van der Waals surface area contributed by atoms with Crippen molar-refractivity contribution in [1.29, 1.82) is 0 Å². The zero-order valence-corrected chi connectivity index (χ0v) is 12.4. The van der Waals surface area contributed by atoms with Gasteiger partial charge in [0.15, 0.2) is 11.6 Å². The molecular weight excluding hydrogens is 260 g/mol. The van der Waals surface area contributed by atoms with Gasteiger partial charge in [0.1, 0.15) is 6.33 Å². The van der Waals surface area contributed by atoms with Crippen molar-refractivity contribution in [3.05, 3.63) is 6.33 Å². The normalized spacial score (nSPS) is 10.3. The highest BCUT2D eigenvalue weighted by atomic mass is 16.5. The number of rotatable bonds is 11. The van der Waals surface area contributed by atoms with Crippen molar-refractivity contribution < 1.29 is 14.2 Å². The molecule has 0 aliphatic heterocycles. The summed E-state index contributed by atoms with van der Waals surface area (Å²) in [4.78, 5) is 8.34. The first kappa shape index (κ1) is 16.5. The van der Waals surface area contributed by atoms with E-state index in [-0.39, 0.29) is 0 Å². The Bertz CT molecular complexity index is 377. The lowest BCUT2D eigenvalue weighted by Crippen LogP contribution is -2.11. The predicted octanol–water partition coefficient (Wildman–Crippen LogP) is 1.38. The van der Waals surface area contributed by atoms with Crippen molar-refractivity contribution in [2.75, 3.05) is 57.8 Å². The summed E-state index contributed by atoms with van der Waals surface area (Å²) in [5.74, 6) is 2.02. The van der Waals surface area contributed by atoms with Gasteiger partial charge in [-0.25, -0.2) is 9.97 Å². The molecule has 0 fully saturated rings. The van der Waals surface area contributed by atoms with Crippen LogP contribution in [0.3, 0.4) is 0 Å². The Morgan fingerprint density at radius 2 is 1.80 bits per heavy atom. The third-order valence-electron chi connectivity index (χ3n) is 2.54. The average Bonchev–Trinajstić information content (AvgIpc) is 2.47. The number of methoxy groups -OCH3 is 2. The molecule has 1 rings (SSSR count). The third-order valence-corrected chi connectivity index (χ3v) is 2.54. The third kappa shape index (κ3) is 5.58. The Morgan fingerprint density at radius 3 is 2.45 bits per heavy atom. The fourth-order valence-corrected chi connectivity index (χ4v) is 1.61. The predicted molar refractivity (Wildman–Crippen MR) is 78.5 cm³/mol. The molecular formula is C13H24N4O3. The SMILES string of the molecule is CCNc1ncnc(NCCCOCCOC)c1OC. The maximum atomic E-state index is 5.39. The molecule has 7 heteroatoms. The summed E-state index contributed by atoms with van der Waals surface area (Å²) in [7, 11) is 3.27. The van der Waals surface area contributed by atoms with Crippen LogP contribution in [0, 0.1) is 0 Å². The van der Waals surface area contributed by atoms with Gasteiger partial charge in [0, 0.05) is 26.8 Å². The number of hydrogen-bond acceptors (Lipinski definition) is 7. The molecule has 0 aliphatic carbocycles. The summed E-state index contributed by atoms with van der Waals surface area (Å²) < 4.78 is 15.6. The lowest BCUT2D eigenvalue weighted by atomic mass is 10.4. The van der Waals surface area contributed by atoms with Crippen molar-refractivity contribution in [3.8, 4) is 5.75 Å². The maximum Gasteiger partial charge on any atom is 0.204 e. The molecule has 1 heterocycles. The number of hydrogen-bond donors (Lipinski definition) is 2. The molecule has 0 aliphatic rings. The van der Waals surface area contributed by atoms with Crippen LogP contribution < -0.4 is 15.4 Å². The molecule has 7 nitrogen and oxygen atoms in total. The number of nitrogens with one attached hydrogen (secondary N) is 2. The van der Waals surface area contributed by atoms with Gasteiger partial charge < -0.3 is 24.8 Å². The van der Waals surface area contributed by atoms with Gasteiger partial charge in [-0.2, -0.15) is 0 Å². The fraction of sp³-hybridized carbons (Fsp3) is 0.692. The highest BCUT2D eigenvalue weighted by Gasteiger charge is 2.10. The Kier molecular flexibility index (Phi) is 8.41. The molecule has 0 saturated carbocycles. The highest BCUT2D eigenvalue weighted by molar-refractivity contribution is 5.63. The Morgan fingerprint density at radius 1 is 1.05 bits per heavy atom. The summed E-state index contributed by atoms with van der Waals surface area (Å²) >= 11 is 0. The van der Waals surface area contributed by atoms with Crippen molar-refractivity contribution in [3.63, 3.8) is 0 Å². The lowest BCUT2D eigenvalue weighted by molar-refractivity contribution is 0.0705. The quantitative estimate of drug-likeness (QED) is 0.594. The zero-order valence-electron chi connectivity index (χ0n) is 12.4. The molecule has 114 valence electrons. The van der Waals surface area contributed by atoms with Crippen LogP contribution in [0.25, 0.3) is 0 Å². The van der Waals surface area contributed by atoms with E-state index in [0.717, 1.165) is 19.5 Å². The van der Waals surface area contributed by atoms with Crippen LogP contribution in [-0.2, 0) is 9.47 Å². The minimum absolute atomic E-state index is 0.623. The van der Waals surface area contributed by atoms with E-state index in [4.69, 9.17) is 14.2 Å². The molecule has 1 aromatic rings. The second-order valence-corrected chi connectivity index (χ2v) is 4.02. The molecule has 1 aromatic heterocycles. The molecule has 0 saturated heterocycles. The first-order valence-electron chi connectivity index (χ1n) is 6.76. The van der Waals surface area contributed by atoms with Gasteiger partial charge in [0.25, 0.3) is 0 Å². The standard InChI is InChI=1S/C13H24N4O3/c1-4-14-12-11(19-3)13(17-10-16-12)15-6-5-7-20-9-8-18-2/h10H,4-9H2,1-3H3,(H2,14,15,16,17). The van der Waals surface area contributed by atoms with Crippen molar-refractivity contribution >= 4 is 11.6 Å². The topological polar surface area (TPSA) is 77.5 Å². The van der Waals surface area contributed by atoms with Crippen LogP contribution in [0.4, 0.5) is 11.6 Å². The Balaban J connectivity index is 2.37. The van der Waals surface area contributed by atoms with Crippen LogP contribution >= 0.6 is 0 Å². The van der Waals surface area contributed by atoms with Gasteiger partial charge >= 0.3 is 0 Å². The van der Waals surface area contributed by atoms with E-state index in [9.17, 15) is 0 Å². The van der Waals surface area contributed by atoms with Crippen LogP contribution in [0.5, 0.6) is 5.75 Å².